The fourth-order valence-electron chi connectivity index (χ4n) is 2.41. The molecule has 0 radical (unpaired) electrons. The average molecular weight is 393 g/mol. The second-order valence-electron chi connectivity index (χ2n) is 5.52. The summed E-state index contributed by atoms with van der Waals surface area (Å²) in [4.78, 5) is 4.18. The van der Waals surface area contributed by atoms with E-state index in [9.17, 15) is 18.6 Å². The molecule has 0 bridgehead atoms. The molecule has 24 heavy (non-hydrogen) atoms. The highest BCUT2D eigenvalue weighted by molar-refractivity contribution is 7.91. The minimum absolute atomic E-state index is 0.00151. The summed E-state index contributed by atoms with van der Waals surface area (Å²) in [5, 5.41) is 19.1. The number of halogens is 2. The molecular weight excluding hydrogens is 375 g/mol. The van der Waals surface area contributed by atoms with E-state index in [0.29, 0.717) is 5.69 Å². The van der Waals surface area contributed by atoms with E-state index >= 15 is 0 Å². The van der Waals surface area contributed by atoms with Crippen molar-refractivity contribution in [1.82, 2.24) is 9.55 Å². The van der Waals surface area contributed by atoms with Crippen LogP contribution in [0.15, 0.2) is 28.1 Å². The summed E-state index contributed by atoms with van der Waals surface area (Å²) < 4.78 is 27.6. The molecule has 9 heteroatoms. The second-order valence-corrected chi connectivity index (χ2v) is 8.25. The molecule has 0 aliphatic carbocycles. The first kappa shape index (κ1) is 19.2. The highest BCUT2D eigenvalue weighted by Crippen LogP contribution is 2.32. The standard InChI is InChI=1S/C15H18Cl2N2O4S/c1-9(2)14-15(19(3-4-20)13(8-21)18-14)24(22,23)12-6-10(16)5-11(17)7-12/h5-7,9,20-21H,3-4,8H2,1-2H3. The predicted molar refractivity (Wildman–Crippen MR) is 91.2 cm³/mol. The summed E-state index contributed by atoms with van der Waals surface area (Å²) >= 11 is 11.9. The fraction of sp³-hybridized carbons (Fsp3) is 0.400. The maximum absolute atomic E-state index is 13.1. The van der Waals surface area contributed by atoms with E-state index in [1.807, 2.05) is 0 Å². The van der Waals surface area contributed by atoms with Crippen molar-refractivity contribution in [2.45, 2.75) is 42.8 Å². The van der Waals surface area contributed by atoms with Gasteiger partial charge in [0.2, 0.25) is 9.84 Å². The summed E-state index contributed by atoms with van der Waals surface area (Å²) in [6.45, 7) is 2.87. The van der Waals surface area contributed by atoms with Crippen LogP contribution in [0.4, 0.5) is 0 Å². The maximum atomic E-state index is 13.1. The Morgan fingerprint density at radius 3 is 2.21 bits per heavy atom. The molecule has 0 spiro atoms. The third kappa shape index (κ3) is 3.60. The number of aliphatic hydroxyl groups is 2. The Bertz CT molecular complexity index is 827. The first-order chi connectivity index (χ1) is 11.2. The van der Waals surface area contributed by atoms with E-state index in [1.165, 1.54) is 22.8 Å². The molecule has 0 amide bonds. The van der Waals surface area contributed by atoms with Crippen LogP contribution in [-0.4, -0.2) is 34.8 Å². The van der Waals surface area contributed by atoms with Gasteiger partial charge in [0.1, 0.15) is 12.4 Å². The van der Waals surface area contributed by atoms with Crippen molar-refractivity contribution in [2.24, 2.45) is 0 Å². The predicted octanol–water partition coefficient (Wildman–Crippen LogP) is 2.63. The number of rotatable bonds is 6. The Hall–Kier alpha value is -1.12. The monoisotopic (exact) mass is 392 g/mol. The van der Waals surface area contributed by atoms with E-state index < -0.39 is 16.4 Å². The highest BCUT2D eigenvalue weighted by Gasteiger charge is 2.31. The lowest BCUT2D eigenvalue weighted by molar-refractivity contribution is 0.243. The van der Waals surface area contributed by atoms with Gasteiger partial charge < -0.3 is 14.8 Å². The maximum Gasteiger partial charge on any atom is 0.224 e. The van der Waals surface area contributed by atoms with Gasteiger partial charge in [0.05, 0.1) is 17.2 Å². The van der Waals surface area contributed by atoms with Crippen LogP contribution in [0.5, 0.6) is 0 Å². The Labute approximate surface area is 150 Å². The lowest BCUT2D eigenvalue weighted by Gasteiger charge is -2.13. The van der Waals surface area contributed by atoms with Crippen molar-refractivity contribution in [3.63, 3.8) is 0 Å². The minimum Gasteiger partial charge on any atom is -0.395 e. The average Bonchev–Trinajstić information content (AvgIpc) is 2.86. The number of sulfone groups is 1. The van der Waals surface area contributed by atoms with Crippen LogP contribution in [0.3, 0.4) is 0 Å². The summed E-state index contributed by atoms with van der Waals surface area (Å²) in [7, 11) is -3.99. The largest absolute Gasteiger partial charge is 0.395 e. The fourth-order valence-corrected chi connectivity index (χ4v) is 4.89. The summed E-state index contributed by atoms with van der Waals surface area (Å²) in [6.07, 6.45) is 0. The molecule has 6 nitrogen and oxygen atoms in total. The van der Waals surface area contributed by atoms with Crippen molar-refractivity contribution < 1.29 is 18.6 Å². The number of aliphatic hydroxyl groups excluding tert-OH is 2. The number of hydrogen-bond donors (Lipinski definition) is 2. The van der Waals surface area contributed by atoms with E-state index in [1.54, 1.807) is 13.8 Å². The van der Waals surface area contributed by atoms with Crippen LogP contribution in [-0.2, 0) is 23.0 Å². The van der Waals surface area contributed by atoms with Gasteiger partial charge >= 0.3 is 0 Å². The molecule has 132 valence electrons. The van der Waals surface area contributed by atoms with E-state index in [0.717, 1.165) is 0 Å². The first-order valence-corrected chi connectivity index (χ1v) is 9.48. The zero-order valence-electron chi connectivity index (χ0n) is 13.2. The van der Waals surface area contributed by atoms with Crippen LogP contribution in [0.25, 0.3) is 0 Å². The molecule has 2 rings (SSSR count). The van der Waals surface area contributed by atoms with Crippen molar-refractivity contribution in [3.8, 4) is 0 Å². The molecule has 2 aromatic rings. The number of aromatic nitrogens is 2. The molecule has 0 unspecified atom stereocenters. The molecule has 0 aliphatic heterocycles. The third-order valence-corrected chi connectivity index (χ3v) is 5.67. The smallest absolute Gasteiger partial charge is 0.224 e. The van der Waals surface area contributed by atoms with Gasteiger partial charge in [-0.1, -0.05) is 37.0 Å². The Balaban J connectivity index is 2.79. The number of benzene rings is 1. The van der Waals surface area contributed by atoms with E-state index in [-0.39, 0.29) is 44.9 Å². The van der Waals surface area contributed by atoms with Gasteiger partial charge in [0.15, 0.2) is 5.03 Å². The topological polar surface area (TPSA) is 92.4 Å². The zero-order valence-corrected chi connectivity index (χ0v) is 15.5. The molecular formula is C15H18Cl2N2O4S. The van der Waals surface area contributed by atoms with Crippen molar-refractivity contribution in [1.29, 1.82) is 0 Å². The Morgan fingerprint density at radius 2 is 1.75 bits per heavy atom. The minimum atomic E-state index is -3.99. The van der Waals surface area contributed by atoms with E-state index in [4.69, 9.17) is 23.2 Å². The van der Waals surface area contributed by atoms with Crippen LogP contribution in [0.2, 0.25) is 10.0 Å². The quantitative estimate of drug-likeness (QED) is 0.787. The number of nitrogens with zero attached hydrogens (tertiary/aromatic N) is 2. The second kappa shape index (κ2) is 7.41. The molecule has 0 saturated carbocycles. The molecule has 1 heterocycles. The van der Waals surface area contributed by atoms with Crippen molar-refractivity contribution in [2.75, 3.05) is 6.61 Å². The van der Waals surface area contributed by atoms with Crippen LogP contribution < -0.4 is 0 Å². The molecule has 0 fully saturated rings. The molecule has 0 aliphatic rings. The molecule has 0 atom stereocenters. The normalized spacial score (nSPS) is 12.1. The zero-order chi connectivity index (χ0) is 18.1. The van der Waals surface area contributed by atoms with Gasteiger partial charge in [-0.3, -0.25) is 0 Å². The lowest BCUT2D eigenvalue weighted by atomic mass is 10.1. The van der Waals surface area contributed by atoms with Crippen LogP contribution in [0, 0.1) is 0 Å². The van der Waals surface area contributed by atoms with Gasteiger partial charge in [-0.05, 0) is 24.1 Å². The van der Waals surface area contributed by atoms with Crippen LogP contribution >= 0.6 is 23.2 Å². The summed E-state index contributed by atoms with van der Waals surface area (Å²) in [5.41, 5.74) is 0.323. The molecule has 1 aromatic heterocycles. The highest BCUT2D eigenvalue weighted by atomic mass is 35.5. The molecule has 2 N–H and O–H groups in total. The van der Waals surface area contributed by atoms with Crippen molar-refractivity contribution in [3.05, 3.63) is 39.8 Å². The van der Waals surface area contributed by atoms with Gasteiger partial charge in [-0.25, -0.2) is 13.4 Å². The van der Waals surface area contributed by atoms with E-state index in [2.05, 4.69) is 4.98 Å². The lowest BCUT2D eigenvalue weighted by Crippen LogP contribution is -2.16. The van der Waals surface area contributed by atoms with Crippen LogP contribution in [0.1, 0.15) is 31.3 Å². The number of hydrogen-bond acceptors (Lipinski definition) is 5. The van der Waals surface area contributed by atoms with Gasteiger partial charge in [0.25, 0.3) is 0 Å². The van der Waals surface area contributed by atoms with Crippen molar-refractivity contribution >= 4 is 33.0 Å². The Morgan fingerprint density at radius 1 is 1.17 bits per heavy atom. The van der Waals surface area contributed by atoms with Gasteiger partial charge in [0, 0.05) is 16.6 Å². The summed E-state index contributed by atoms with van der Waals surface area (Å²) in [6, 6.07) is 4.05. The molecule has 1 aromatic carbocycles. The van der Waals surface area contributed by atoms with Gasteiger partial charge in [-0.2, -0.15) is 0 Å². The third-order valence-electron chi connectivity index (χ3n) is 3.44. The molecule has 0 saturated heterocycles. The SMILES string of the molecule is CC(C)c1nc(CO)n(CCO)c1S(=O)(=O)c1cc(Cl)cc(Cl)c1. The first-order valence-electron chi connectivity index (χ1n) is 7.24. The Kier molecular flexibility index (Phi) is 5.93. The number of imidazole rings is 1. The van der Waals surface area contributed by atoms with Gasteiger partial charge in [-0.15, -0.1) is 0 Å². The summed E-state index contributed by atoms with van der Waals surface area (Å²) in [5.74, 6) is -0.0193.